The second kappa shape index (κ2) is 15.7. The van der Waals surface area contributed by atoms with Crippen molar-refractivity contribution in [2.75, 3.05) is 6.16 Å². The van der Waals surface area contributed by atoms with Gasteiger partial charge in [-0.05, 0) is 6.16 Å². The first kappa shape index (κ1) is 11.3. The summed E-state index contributed by atoms with van der Waals surface area (Å²) in [7, 11) is 2.58. The van der Waals surface area contributed by atoms with Crippen LogP contribution < -0.4 is 0 Å². The summed E-state index contributed by atoms with van der Waals surface area (Å²) in [6, 6.07) is 0. The van der Waals surface area contributed by atoms with Crippen LogP contribution >= 0.6 is 9.24 Å². The van der Waals surface area contributed by atoms with Gasteiger partial charge < -0.3 is 0 Å². The summed E-state index contributed by atoms with van der Waals surface area (Å²) < 4.78 is 0. The van der Waals surface area contributed by atoms with Gasteiger partial charge in [-0.1, -0.05) is 40.0 Å². The topological polar surface area (TPSA) is 0 Å². The average Bonchev–Trinajstić information content (AvgIpc) is 1.71. The Bertz CT molecular complexity index is 18.3. The third-order valence-electron chi connectivity index (χ3n) is 0.707. The Labute approximate surface area is 56.3 Å². The van der Waals surface area contributed by atoms with E-state index < -0.39 is 0 Å². The van der Waals surface area contributed by atoms with Gasteiger partial charge in [0.15, 0.2) is 0 Å². The van der Waals surface area contributed by atoms with Gasteiger partial charge in [0.25, 0.3) is 0 Å². The van der Waals surface area contributed by atoms with Crippen LogP contribution in [0.3, 0.4) is 0 Å². The summed E-state index contributed by atoms with van der Waals surface area (Å²) in [6.45, 7) is 6.51. The summed E-state index contributed by atoms with van der Waals surface area (Å²) in [4.78, 5) is 0. The third-order valence-corrected chi connectivity index (χ3v) is 0.707. The minimum absolute atomic E-state index is 1.17. The molecule has 0 aliphatic heterocycles. The molecule has 8 heavy (non-hydrogen) atoms. The zero-order valence-corrected chi connectivity index (χ0v) is 7.56. The molecular formula is C7H19P. The quantitative estimate of drug-likeness (QED) is 0.509. The number of rotatable bonds is 2. The van der Waals surface area contributed by atoms with Crippen molar-refractivity contribution in [2.24, 2.45) is 0 Å². The second-order valence-corrected chi connectivity index (χ2v) is 2.58. The molecule has 0 saturated heterocycles. The summed E-state index contributed by atoms with van der Waals surface area (Å²) in [5, 5.41) is 0. The Balaban J connectivity index is 0. The number of hydrogen-bond donors (Lipinski definition) is 0. The monoisotopic (exact) mass is 134 g/mol. The molecule has 0 radical (unpaired) electrons. The predicted octanol–water partition coefficient (Wildman–Crippen LogP) is 3.08. The van der Waals surface area contributed by atoms with Gasteiger partial charge in [0.1, 0.15) is 0 Å². The molecule has 0 aromatic carbocycles. The van der Waals surface area contributed by atoms with Crippen LogP contribution in [-0.2, 0) is 0 Å². The number of unbranched alkanes of at least 4 members (excludes halogenated alkanes) is 2. The first-order valence-corrected chi connectivity index (χ1v) is 4.35. The molecule has 1 atom stereocenters. The largest absolute Gasteiger partial charge is 0.138 e. The molecule has 0 fully saturated rings. The van der Waals surface area contributed by atoms with Gasteiger partial charge in [0.05, 0.1) is 0 Å². The van der Waals surface area contributed by atoms with Gasteiger partial charge in [-0.15, -0.1) is 9.24 Å². The summed E-state index contributed by atoms with van der Waals surface area (Å²) in [6.07, 6.45) is 5.24. The van der Waals surface area contributed by atoms with Crippen LogP contribution in [0.4, 0.5) is 0 Å². The molecule has 0 nitrogen and oxygen atoms in total. The van der Waals surface area contributed by atoms with Crippen LogP contribution in [-0.4, -0.2) is 6.16 Å². The molecule has 1 unspecified atom stereocenters. The lowest BCUT2D eigenvalue weighted by Crippen LogP contribution is -1.59. The molecule has 0 bridgehead atoms. The van der Waals surface area contributed by atoms with Crippen LogP contribution in [0.5, 0.6) is 0 Å². The summed E-state index contributed by atoms with van der Waals surface area (Å²) in [5.74, 6) is 0. The molecule has 52 valence electrons. The highest BCUT2D eigenvalue weighted by Gasteiger charge is 1.68. The molecule has 0 amide bonds. The molecule has 0 spiro atoms. The zero-order chi connectivity index (χ0) is 6.83. The standard InChI is InChI=1S/C5H12.C2H7P/c1-3-5-4-2;1-2-3/h3-5H2,1-2H3;2-3H2,1H3. The molecule has 0 rings (SSSR count). The highest BCUT2D eigenvalue weighted by atomic mass is 31.0. The highest BCUT2D eigenvalue weighted by Crippen LogP contribution is 1.88. The fourth-order valence-electron chi connectivity index (χ4n) is 0.354. The van der Waals surface area contributed by atoms with E-state index in [0.717, 1.165) is 0 Å². The average molecular weight is 134 g/mol. The normalized spacial score (nSPS) is 7.50. The Morgan fingerprint density at radius 3 is 1.25 bits per heavy atom. The fraction of sp³-hybridized carbons (Fsp3) is 1.00. The highest BCUT2D eigenvalue weighted by molar-refractivity contribution is 7.16. The lowest BCUT2D eigenvalue weighted by Gasteiger charge is -1.79. The van der Waals surface area contributed by atoms with E-state index in [4.69, 9.17) is 0 Å². The number of hydrogen-bond acceptors (Lipinski definition) is 0. The van der Waals surface area contributed by atoms with Crippen molar-refractivity contribution < 1.29 is 0 Å². The summed E-state index contributed by atoms with van der Waals surface area (Å²) >= 11 is 0. The Kier molecular flexibility index (Phi) is 22.0. The lowest BCUT2D eigenvalue weighted by molar-refractivity contribution is 0.772. The van der Waals surface area contributed by atoms with Gasteiger partial charge in [0, 0.05) is 0 Å². The first-order valence-electron chi connectivity index (χ1n) is 3.53. The minimum atomic E-state index is 1.17. The first-order chi connectivity index (χ1) is 3.83. The van der Waals surface area contributed by atoms with E-state index in [9.17, 15) is 0 Å². The van der Waals surface area contributed by atoms with Crippen molar-refractivity contribution in [2.45, 2.75) is 40.0 Å². The van der Waals surface area contributed by atoms with Crippen molar-refractivity contribution >= 4 is 9.24 Å². The van der Waals surface area contributed by atoms with Crippen molar-refractivity contribution in [3.8, 4) is 0 Å². The van der Waals surface area contributed by atoms with E-state index in [1.54, 1.807) is 0 Å². The Morgan fingerprint density at radius 1 is 1.00 bits per heavy atom. The van der Waals surface area contributed by atoms with E-state index in [2.05, 4.69) is 30.0 Å². The maximum absolute atomic E-state index is 2.58. The Morgan fingerprint density at radius 2 is 1.25 bits per heavy atom. The van der Waals surface area contributed by atoms with E-state index in [-0.39, 0.29) is 0 Å². The Hall–Kier alpha value is 0.430. The van der Waals surface area contributed by atoms with Gasteiger partial charge in [-0.25, -0.2) is 0 Å². The van der Waals surface area contributed by atoms with E-state index in [0.29, 0.717) is 0 Å². The molecule has 1 heteroatoms. The van der Waals surface area contributed by atoms with Crippen LogP contribution in [0.2, 0.25) is 0 Å². The molecule has 0 saturated carbocycles. The zero-order valence-electron chi connectivity index (χ0n) is 6.41. The molecule has 0 aromatic heterocycles. The van der Waals surface area contributed by atoms with Crippen LogP contribution in [0.1, 0.15) is 40.0 Å². The second-order valence-electron chi connectivity index (χ2n) is 1.76. The van der Waals surface area contributed by atoms with Gasteiger partial charge in [-0.2, -0.15) is 0 Å². The van der Waals surface area contributed by atoms with Gasteiger partial charge >= 0.3 is 0 Å². The van der Waals surface area contributed by atoms with Crippen molar-refractivity contribution in [3.63, 3.8) is 0 Å². The van der Waals surface area contributed by atoms with Crippen LogP contribution in [0.25, 0.3) is 0 Å². The van der Waals surface area contributed by atoms with Crippen LogP contribution in [0.15, 0.2) is 0 Å². The molecule has 0 heterocycles. The maximum Gasteiger partial charge on any atom is -0.0410 e. The molecule has 0 N–H and O–H groups in total. The molecular weight excluding hydrogens is 115 g/mol. The van der Waals surface area contributed by atoms with E-state index in [1.807, 2.05) is 0 Å². The predicted molar refractivity (Wildman–Crippen MR) is 45.5 cm³/mol. The smallest absolute Gasteiger partial charge is 0.0410 e. The van der Waals surface area contributed by atoms with Crippen molar-refractivity contribution in [1.82, 2.24) is 0 Å². The van der Waals surface area contributed by atoms with Crippen molar-refractivity contribution in [3.05, 3.63) is 0 Å². The van der Waals surface area contributed by atoms with Gasteiger partial charge in [-0.3, -0.25) is 0 Å². The van der Waals surface area contributed by atoms with E-state index >= 15 is 0 Å². The van der Waals surface area contributed by atoms with Gasteiger partial charge in [0.2, 0.25) is 0 Å². The minimum Gasteiger partial charge on any atom is -0.138 e. The van der Waals surface area contributed by atoms with Crippen molar-refractivity contribution in [1.29, 1.82) is 0 Å². The summed E-state index contributed by atoms with van der Waals surface area (Å²) in [5.41, 5.74) is 0. The maximum atomic E-state index is 2.58. The molecule has 0 aliphatic carbocycles. The van der Waals surface area contributed by atoms with E-state index in [1.165, 1.54) is 25.4 Å². The third kappa shape index (κ3) is 32.1. The molecule has 0 aliphatic rings. The SMILES string of the molecule is CCCCC.CCP. The van der Waals surface area contributed by atoms with Crippen LogP contribution in [0, 0.1) is 0 Å². The molecule has 0 aromatic rings. The lowest BCUT2D eigenvalue weighted by atomic mass is 10.3. The fourth-order valence-corrected chi connectivity index (χ4v) is 0.354.